The highest BCUT2D eigenvalue weighted by atomic mass is 35.5. The fraction of sp³-hybridized carbons (Fsp3) is 0. The van der Waals surface area contributed by atoms with Crippen LogP contribution in [0.5, 0.6) is 0 Å². The first-order chi connectivity index (χ1) is 8.58. The van der Waals surface area contributed by atoms with Crippen LogP contribution < -0.4 is 5.32 Å². The number of thiol groups is 1. The molecular formula is C13H9Cl2NOS. The van der Waals surface area contributed by atoms with Crippen molar-refractivity contribution in [2.24, 2.45) is 0 Å². The number of anilines is 1. The van der Waals surface area contributed by atoms with Crippen molar-refractivity contribution in [2.75, 3.05) is 5.32 Å². The summed E-state index contributed by atoms with van der Waals surface area (Å²) < 4.78 is 0. The second kappa shape index (κ2) is 5.65. The van der Waals surface area contributed by atoms with E-state index in [-0.39, 0.29) is 5.91 Å². The van der Waals surface area contributed by atoms with Crippen LogP contribution >= 0.6 is 35.8 Å². The molecule has 92 valence electrons. The second-order valence-corrected chi connectivity index (χ2v) is 4.92. The van der Waals surface area contributed by atoms with E-state index in [1.165, 1.54) is 6.07 Å². The van der Waals surface area contributed by atoms with Gasteiger partial charge < -0.3 is 5.32 Å². The van der Waals surface area contributed by atoms with Crippen LogP contribution in [0, 0.1) is 0 Å². The molecular weight excluding hydrogens is 289 g/mol. The summed E-state index contributed by atoms with van der Waals surface area (Å²) >= 11 is 16.0. The minimum atomic E-state index is -0.293. The summed E-state index contributed by atoms with van der Waals surface area (Å²) in [5.41, 5.74) is 1.01. The molecule has 0 aromatic heterocycles. The summed E-state index contributed by atoms with van der Waals surface area (Å²) in [5.74, 6) is -0.293. The molecule has 2 rings (SSSR count). The Hall–Kier alpha value is -1.16. The van der Waals surface area contributed by atoms with Crippen LogP contribution in [-0.2, 0) is 0 Å². The largest absolute Gasteiger partial charge is 0.321 e. The van der Waals surface area contributed by atoms with Crippen molar-refractivity contribution in [1.82, 2.24) is 0 Å². The van der Waals surface area contributed by atoms with E-state index in [9.17, 15) is 4.79 Å². The third-order valence-corrected chi connectivity index (χ3v) is 3.27. The molecule has 0 saturated carbocycles. The SMILES string of the molecule is O=C(Nc1ccccc1S)c1ccc(Cl)cc1Cl. The van der Waals surface area contributed by atoms with Gasteiger partial charge in [0.05, 0.1) is 16.3 Å². The van der Waals surface area contributed by atoms with Crippen LogP contribution in [0.3, 0.4) is 0 Å². The van der Waals surface area contributed by atoms with Crippen LogP contribution in [0.1, 0.15) is 10.4 Å². The van der Waals surface area contributed by atoms with Crippen LogP contribution in [0.2, 0.25) is 10.0 Å². The molecule has 2 aromatic carbocycles. The number of halogens is 2. The van der Waals surface area contributed by atoms with Gasteiger partial charge in [-0.05, 0) is 30.3 Å². The predicted octanol–water partition coefficient (Wildman–Crippen LogP) is 4.53. The van der Waals surface area contributed by atoms with E-state index in [0.717, 1.165) is 0 Å². The summed E-state index contributed by atoms with van der Waals surface area (Å²) in [5, 5.41) is 3.55. The van der Waals surface area contributed by atoms with Crippen LogP contribution in [-0.4, -0.2) is 5.91 Å². The van der Waals surface area contributed by atoms with Crippen molar-refractivity contribution >= 4 is 47.4 Å². The van der Waals surface area contributed by atoms with Gasteiger partial charge in [-0.3, -0.25) is 4.79 Å². The Morgan fingerprint density at radius 1 is 1.11 bits per heavy atom. The normalized spacial score (nSPS) is 10.2. The Bertz CT molecular complexity index is 601. The third-order valence-electron chi connectivity index (χ3n) is 2.33. The maximum atomic E-state index is 12.0. The van der Waals surface area contributed by atoms with Crippen molar-refractivity contribution in [2.45, 2.75) is 4.90 Å². The number of hydrogen-bond donors (Lipinski definition) is 2. The minimum absolute atomic E-state index is 0.293. The van der Waals surface area contributed by atoms with Gasteiger partial charge in [-0.25, -0.2) is 0 Å². The number of hydrogen-bond acceptors (Lipinski definition) is 2. The maximum absolute atomic E-state index is 12.0. The number of para-hydroxylation sites is 1. The zero-order chi connectivity index (χ0) is 13.1. The topological polar surface area (TPSA) is 29.1 Å². The first kappa shape index (κ1) is 13.3. The molecule has 0 saturated heterocycles. The molecule has 0 radical (unpaired) electrons. The van der Waals surface area contributed by atoms with Crippen molar-refractivity contribution < 1.29 is 4.79 Å². The third kappa shape index (κ3) is 2.99. The molecule has 0 heterocycles. The molecule has 1 amide bonds. The number of rotatable bonds is 2. The average Bonchev–Trinajstić information content (AvgIpc) is 2.32. The molecule has 1 N–H and O–H groups in total. The van der Waals surface area contributed by atoms with E-state index in [4.69, 9.17) is 23.2 Å². The summed E-state index contributed by atoms with van der Waals surface area (Å²) in [6, 6.07) is 12.0. The lowest BCUT2D eigenvalue weighted by molar-refractivity contribution is 0.102. The maximum Gasteiger partial charge on any atom is 0.257 e. The molecule has 0 aliphatic heterocycles. The van der Waals surface area contributed by atoms with E-state index >= 15 is 0 Å². The monoisotopic (exact) mass is 297 g/mol. The Kier molecular flexibility index (Phi) is 4.17. The quantitative estimate of drug-likeness (QED) is 0.783. The zero-order valence-corrected chi connectivity index (χ0v) is 11.6. The first-order valence-corrected chi connectivity index (χ1v) is 6.32. The summed E-state index contributed by atoms with van der Waals surface area (Å²) in [7, 11) is 0. The average molecular weight is 298 g/mol. The fourth-order valence-corrected chi connectivity index (χ4v) is 2.15. The Morgan fingerprint density at radius 3 is 2.50 bits per heavy atom. The lowest BCUT2D eigenvalue weighted by atomic mass is 10.2. The molecule has 0 aliphatic rings. The first-order valence-electron chi connectivity index (χ1n) is 5.12. The van der Waals surface area contributed by atoms with Crippen LogP contribution in [0.15, 0.2) is 47.4 Å². The van der Waals surface area contributed by atoms with Gasteiger partial charge in [0.15, 0.2) is 0 Å². The summed E-state index contributed by atoms with van der Waals surface area (Å²) in [4.78, 5) is 12.7. The number of carbonyl (C=O) groups is 1. The number of amides is 1. The number of nitrogens with one attached hydrogen (secondary N) is 1. The van der Waals surface area contributed by atoms with Gasteiger partial charge in [0.25, 0.3) is 5.91 Å². The molecule has 5 heteroatoms. The van der Waals surface area contributed by atoms with E-state index < -0.39 is 0 Å². The molecule has 0 fully saturated rings. The number of benzene rings is 2. The van der Waals surface area contributed by atoms with E-state index in [2.05, 4.69) is 17.9 Å². The Labute approximate surface area is 120 Å². The lowest BCUT2D eigenvalue weighted by Crippen LogP contribution is -2.12. The molecule has 2 nitrogen and oxygen atoms in total. The van der Waals surface area contributed by atoms with Gasteiger partial charge >= 0.3 is 0 Å². The molecule has 0 bridgehead atoms. The molecule has 0 atom stereocenters. The van der Waals surface area contributed by atoms with Gasteiger partial charge in [0, 0.05) is 9.92 Å². The standard InChI is InChI=1S/C13H9Cl2NOS/c14-8-5-6-9(10(15)7-8)13(17)16-11-3-1-2-4-12(11)18/h1-7,18H,(H,16,17). The van der Waals surface area contributed by atoms with Gasteiger partial charge in [-0.15, -0.1) is 12.6 Å². The van der Waals surface area contributed by atoms with E-state index in [0.29, 0.717) is 26.2 Å². The van der Waals surface area contributed by atoms with E-state index in [1.54, 1.807) is 24.3 Å². The highest BCUT2D eigenvalue weighted by Gasteiger charge is 2.11. The van der Waals surface area contributed by atoms with Crippen LogP contribution in [0.25, 0.3) is 0 Å². The highest BCUT2D eigenvalue weighted by Crippen LogP contribution is 2.24. The molecule has 2 aromatic rings. The second-order valence-electron chi connectivity index (χ2n) is 3.60. The molecule has 0 aliphatic carbocycles. The smallest absolute Gasteiger partial charge is 0.257 e. The van der Waals surface area contributed by atoms with Crippen molar-refractivity contribution in [1.29, 1.82) is 0 Å². The van der Waals surface area contributed by atoms with Gasteiger partial charge in [-0.2, -0.15) is 0 Å². The van der Waals surface area contributed by atoms with Crippen LogP contribution in [0.4, 0.5) is 5.69 Å². The van der Waals surface area contributed by atoms with E-state index in [1.807, 2.05) is 12.1 Å². The van der Waals surface area contributed by atoms with Crippen molar-refractivity contribution in [3.05, 3.63) is 58.1 Å². The molecule has 0 unspecified atom stereocenters. The van der Waals surface area contributed by atoms with Gasteiger partial charge in [-0.1, -0.05) is 35.3 Å². The van der Waals surface area contributed by atoms with Crippen molar-refractivity contribution in [3.8, 4) is 0 Å². The fourth-order valence-electron chi connectivity index (χ4n) is 1.44. The lowest BCUT2D eigenvalue weighted by Gasteiger charge is -2.08. The molecule has 18 heavy (non-hydrogen) atoms. The van der Waals surface area contributed by atoms with Gasteiger partial charge in [0.2, 0.25) is 0 Å². The predicted molar refractivity (Wildman–Crippen MR) is 78.1 cm³/mol. The summed E-state index contributed by atoms with van der Waals surface area (Å²) in [6.07, 6.45) is 0. The Morgan fingerprint density at radius 2 is 1.83 bits per heavy atom. The summed E-state index contributed by atoms with van der Waals surface area (Å²) in [6.45, 7) is 0. The highest BCUT2D eigenvalue weighted by molar-refractivity contribution is 7.80. The molecule has 0 spiro atoms. The van der Waals surface area contributed by atoms with Crippen molar-refractivity contribution in [3.63, 3.8) is 0 Å². The minimum Gasteiger partial charge on any atom is -0.321 e. The Balaban J connectivity index is 2.25. The van der Waals surface area contributed by atoms with Gasteiger partial charge in [0.1, 0.15) is 0 Å². The number of carbonyl (C=O) groups excluding carboxylic acids is 1. The zero-order valence-electron chi connectivity index (χ0n) is 9.15.